The van der Waals surface area contributed by atoms with Crippen molar-refractivity contribution in [1.29, 1.82) is 0 Å². The van der Waals surface area contributed by atoms with E-state index in [1.54, 1.807) is 6.07 Å². The highest BCUT2D eigenvalue weighted by Gasteiger charge is 2.08. The Balaban J connectivity index is 2.15. The second kappa shape index (κ2) is 9.93. The zero-order valence-corrected chi connectivity index (χ0v) is 13.0. The normalized spacial score (nSPS) is 10.8. The number of carbonyl (C=O) groups excluding carboxylic acids is 1. The topological polar surface area (TPSA) is 17.1 Å². The van der Waals surface area contributed by atoms with Crippen molar-refractivity contribution in [1.82, 2.24) is 0 Å². The van der Waals surface area contributed by atoms with Crippen molar-refractivity contribution < 1.29 is 9.18 Å². The highest BCUT2D eigenvalue weighted by Crippen LogP contribution is 2.18. The van der Waals surface area contributed by atoms with Crippen molar-refractivity contribution in [2.45, 2.75) is 64.7 Å². The third-order valence-electron chi connectivity index (χ3n) is 3.50. The van der Waals surface area contributed by atoms with E-state index in [0.717, 1.165) is 12.8 Å². The summed E-state index contributed by atoms with van der Waals surface area (Å²) < 4.78 is 13.2. The Morgan fingerprint density at radius 2 is 1.65 bits per heavy atom. The number of Topliss-reactive ketones (excluding diaryl/α,β-unsaturated/α-hetero) is 1. The van der Waals surface area contributed by atoms with Crippen LogP contribution in [0, 0.1) is 5.82 Å². The molecule has 0 aliphatic rings. The smallest absolute Gasteiger partial charge is 0.162 e. The van der Waals surface area contributed by atoms with E-state index in [9.17, 15) is 9.18 Å². The summed E-state index contributed by atoms with van der Waals surface area (Å²) >= 11 is 5.60. The zero-order valence-electron chi connectivity index (χ0n) is 12.3. The monoisotopic (exact) mass is 298 g/mol. The van der Waals surface area contributed by atoms with Crippen molar-refractivity contribution >= 4 is 17.4 Å². The van der Waals surface area contributed by atoms with E-state index in [4.69, 9.17) is 11.6 Å². The van der Waals surface area contributed by atoms with Crippen molar-refractivity contribution in [2.24, 2.45) is 0 Å². The van der Waals surface area contributed by atoms with Gasteiger partial charge in [0.2, 0.25) is 0 Å². The number of halogens is 2. The summed E-state index contributed by atoms with van der Waals surface area (Å²) in [6, 6.07) is 4.27. The number of unbranched alkanes of at least 4 members (excludes halogenated alkanes) is 7. The molecule has 20 heavy (non-hydrogen) atoms. The standard InChI is InChI=1S/C17H24ClFO/c1-2-3-4-5-6-7-8-9-10-17(20)14-11-12-15(18)16(19)13-14/h11-13H,2-10H2,1H3. The van der Waals surface area contributed by atoms with E-state index in [1.165, 1.54) is 50.7 Å². The van der Waals surface area contributed by atoms with Crippen molar-refractivity contribution in [2.75, 3.05) is 0 Å². The molecule has 0 unspecified atom stereocenters. The van der Waals surface area contributed by atoms with Crippen LogP contribution in [0.5, 0.6) is 0 Å². The van der Waals surface area contributed by atoms with E-state index in [0.29, 0.717) is 12.0 Å². The van der Waals surface area contributed by atoms with Crippen LogP contribution in [-0.4, -0.2) is 5.78 Å². The zero-order chi connectivity index (χ0) is 14.8. The van der Waals surface area contributed by atoms with Gasteiger partial charge in [0.05, 0.1) is 5.02 Å². The minimum atomic E-state index is -0.520. The molecule has 1 aromatic carbocycles. The van der Waals surface area contributed by atoms with Gasteiger partial charge in [-0.25, -0.2) is 4.39 Å². The number of rotatable bonds is 10. The molecule has 0 saturated heterocycles. The van der Waals surface area contributed by atoms with Crippen molar-refractivity contribution in [3.8, 4) is 0 Å². The summed E-state index contributed by atoms with van der Waals surface area (Å²) in [5, 5.41) is 0.0635. The van der Waals surface area contributed by atoms with Gasteiger partial charge in [0.15, 0.2) is 5.78 Å². The fraction of sp³-hybridized carbons (Fsp3) is 0.588. The Morgan fingerprint density at radius 1 is 1.05 bits per heavy atom. The molecular weight excluding hydrogens is 275 g/mol. The Bertz CT molecular complexity index is 417. The molecule has 0 atom stereocenters. The van der Waals surface area contributed by atoms with Crippen LogP contribution in [0.3, 0.4) is 0 Å². The molecule has 0 aliphatic carbocycles. The molecule has 1 aromatic rings. The maximum Gasteiger partial charge on any atom is 0.162 e. The van der Waals surface area contributed by atoms with Gasteiger partial charge < -0.3 is 0 Å². The van der Waals surface area contributed by atoms with Gasteiger partial charge in [0, 0.05) is 12.0 Å². The third kappa shape index (κ3) is 6.51. The van der Waals surface area contributed by atoms with E-state index in [1.807, 2.05) is 0 Å². The molecule has 0 spiro atoms. The first-order valence-corrected chi connectivity index (χ1v) is 8.01. The Labute approximate surface area is 126 Å². The average molecular weight is 299 g/mol. The number of carbonyl (C=O) groups is 1. The first kappa shape index (κ1) is 17.2. The number of hydrogen-bond donors (Lipinski definition) is 0. The summed E-state index contributed by atoms with van der Waals surface area (Å²) in [7, 11) is 0. The lowest BCUT2D eigenvalue weighted by Crippen LogP contribution is -1.99. The predicted octanol–water partition coefficient (Wildman–Crippen LogP) is 6.19. The Kier molecular flexibility index (Phi) is 8.52. The molecule has 1 nitrogen and oxygen atoms in total. The van der Waals surface area contributed by atoms with Gasteiger partial charge in [-0.15, -0.1) is 0 Å². The third-order valence-corrected chi connectivity index (χ3v) is 3.81. The van der Waals surface area contributed by atoms with Gasteiger partial charge in [-0.05, 0) is 24.6 Å². The van der Waals surface area contributed by atoms with Crippen LogP contribution < -0.4 is 0 Å². The molecule has 1 rings (SSSR count). The van der Waals surface area contributed by atoms with Gasteiger partial charge in [0.1, 0.15) is 5.82 Å². The van der Waals surface area contributed by atoms with Crippen LogP contribution in [0.2, 0.25) is 5.02 Å². The largest absolute Gasteiger partial charge is 0.294 e. The lowest BCUT2D eigenvalue weighted by atomic mass is 10.0. The van der Waals surface area contributed by atoms with Crippen LogP contribution in [0.15, 0.2) is 18.2 Å². The molecule has 0 fully saturated rings. The second-order valence-electron chi connectivity index (χ2n) is 5.28. The first-order valence-electron chi connectivity index (χ1n) is 7.63. The molecule has 0 saturated carbocycles. The van der Waals surface area contributed by atoms with Gasteiger partial charge in [0.25, 0.3) is 0 Å². The summed E-state index contributed by atoms with van der Waals surface area (Å²) in [5.74, 6) is -0.514. The second-order valence-corrected chi connectivity index (χ2v) is 5.68. The molecule has 0 radical (unpaired) electrons. The van der Waals surface area contributed by atoms with Gasteiger partial charge in [-0.2, -0.15) is 0 Å². The molecule has 0 bridgehead atoms. The van der Waals surface area contributed by atoms with Crippen molar-refractivity contribution in [3.63, 3.8) is 0 Å². The highest BCUT2D eigenvalue weighted by atomic mass is 35.5. The minimum absolute atomic E-state index is 0.00606. The van der Waals surface area contributed by atoms with Crippen LogP contribution in [0.25, 0.3) is 0 Å². The highest BCUT2D eigenvalue weighted by molar-refractivity contribution is 6.30. The number of benzene rings is 1. The van der Waals surface area contributed by atoms with E-state index < -0.39 is 5.82 Å². The fourth-order valence-corrected chi connectivity index (χ4v) is 2.35. The summed E-state index contributed by atoms with van der Waals surface area (Å²) in [6.07, 6.45) is 10.1. The van der Waals surface area contributed by atoms with Crippen molar-refractivity contribution in [3.05, 3.63) is 34.6 Å². The summed E-state index contributed by atoms with van der Waals surface area (Å²) in [6.45, 7) is 2.21. The summed E-state index contributed by atoms with van der Waals surface area (Å²) in [4.78, 5) is 11.9. The number of hydrogen-bond acceptors (Lipinski definition) is 1. The van der Waals surface area contributed by atoms with E-state index in [2.05, 4.69) is 6.92 Å². The van der Waals surface area contributed by atoms with Gasteiger partial charge in [-0.3, -0.25) is 4.79 Å². The maximum atomic E-state index is 13.2. The molecule has 0 N–H and O–H groups in total. The Hall–Kier alpha value is -0.890. The van der Waals surface area contributed by atoms with Crippen LogP contribution in [0.4, 0.5) is 4.39 Å². The predicted molar refractivity (Wildman–Crippen MR) is 83.0 cm³/mol. The van der Waals surface area contributed by atoms with E-state index in [-0.39, 0.29) is 10.8 Å². The maximum absolute atomic E-state index is 13.2. The summed E-state index contributed by atoms with van der Waals surface area (Å²) in [5.41, 5.74) is 0.426. The minimum Gasteiger partial charge on any atom is -0.294 e. The molecular formula is C17H24ClFO. The molecule has 0 aliphatic heterocycles. The molecule has 0 aromatic heterocycles. The fourth-order valence-electron chi connectivity index (χ4n) is 2.23. The van der Waals surface area contributed by atoms with E-state index >= 15 is 0 Å². The average Bonchev–Trinajstić information content (AvgIpc) is 2.44. The van der Waals surface area contributed by atoms with Crippen LogP contribution >= 0.6 is 11.6 Å². The molecule has 0 heterocycles. The van der Waals surface area contributed by atoms with Gasteiger partial charge >= 0.3 is 0 Å². The van der Waals surface area contributed by atoms with Gasteiger partial charge in [-0.1, -0.05) is 63.5 Å². The molecule has 3 heteroatoms. The Morgan fingerprint density at radius 3 is 2.25 bits per heavy atom. The number of ketones is 1. The lowest BCUT2D eigenvalue weighted by molar-refractivity contribution is 0.0978. The molecule has 0 amide bonds. The SMILES string of the molecule is CCCCCCCCCCC(=O)c1ccc(Cl)c(F)c1. The lowest BCUT2D eigenvalue weighted by Gasteiger charge is -2.03. The van der Waals surface area contributed by atoms with Crippen LogP contribution in [0.1, 0.15) is 75.1 Å². The van der Waals surface area contributed by atoms with Crippen LogP contribution in [-0.2, 0) is 0 Å². The quantitative estimate of drug-likeness (QED) is 0.371. The first-order chi connectivity index (χ1) is 9.65. The molecule has 112 valence electrons.